The number of amides is 1. The number of rotatable bonds is 5. The molecule has 2 heterocycles. The summed E-state index contributed by atoms with van der Waals surface area (Å²) < 4.78 is 0. The molecule has 2 rings (SSSR count). The van der Waals surface area contributed by atoms with Gasteiger partial charge in [0, 0.05) is 24.4 Å². The van der Waals surface area contributed by atoms with Gasteiger partial charge in [0.15, 0.2) is 0 Å². The fourth-order valence-electron chi connectivity index (χ4n) is 3.05. The number of nitrogens with zero attached hydrogens (tertiary/aromatic N) is 2. The first kappa shape index (κ1) is 16.9. The summed E-state index contributed by atoms with van der Waals surface area (Å²) in [5, 5.41) is 3.10. The zero-order valence-electron chi connectivity index (χ0n) is 14.3. The fourth-order valence-corrected chi connectivity index (χ4v) is 3.05. The second-order valence-corrected chi connectivity index (χ2v) is 6.80. The molecular formula is C18H29N3O. The van der Waals surface area contributed by atoms with E-state index >= 15 is 0 Å². The van der Waals surface area contributed by atoms with Crippen LogP contribution in [0.1, 0.15) is 57.3 Å². The first-order valence-corrected chi connectivity index (χ1v) is 8.41. The quantitative estimate of drug-likeness (QED) is 0.909. The second-order valence-electron chi connectivity index (χ2n) is 6.80. The minimum atomic E-state index is 0.0244. The van der Waals surface area contributed by atoms with Gasteiger partial charge in [-0.05, 0) is 71.2 Å². The predicted octanol–water partition coefficient (Wildman–Crippen LogP) is 3.08. The predicted molar refractivity (Wildman–Crippen MR) is 89.6 cm³/mol. The van der Waals surface area contributed by atoms with E-state index in [0.29, 0.717) is 18.4 Å². The number of piperidine rings is 1. The van der Waals surface area contributed by atoms with Gasteiger partial charge in [0.05, 0.1) is 6.04 Å². The van der Waals surface area contributed by atoms with Gasteiger partial charge in [0.1, 0.15) is 0 Å². The van der Waals surface area contributed by atoms with Crippen molar-refractivity contribution in [2.24, 2.45) is 5.92 Å². The Morgan fingerprint density at radius 1 is 1.32 bits per heavy atom. The summed E-state index contributed by atoms with van der Waals surface area (Å²) in [5.74, 6) is 0.689. The average molecular weight is 303 g/mol. The average Bonchev–Trinajstić information content (AvgIpc) is 2.48. The maximum absolute atomic E-state index is 12.2. The number of nitrogens with one attached hydrogen (secondary N) is 1. The van der Waals surface area contributed by atoms with Crippen LogP contribution < -0.4 is 5.32 Å². The van der Waals surface area contributed by atoms with Crippen molar-refractivity contribution in [3.05, 3.63) is 29.6 Å². The molecular weight excluding hydrogens is 274 g/mol. The van der Waals surface area contributed by atoms with E-state index in [1.54, 1.807) is 0 Å². The molecule has 0 radical (unpaired) electrons. The van der Waals surface area contributed by atoms with E-state index in [4.69, 9.17) is 0 Å². The zero-order valence-corrected chi connectivity index (χ0v) is 14.3. The molecule has 1 aromatic rings. The van der Waals surface area contributed by atoms with E-state index in [9.17, 15) is 4.79 Å². The van der Waals surface area contributed by atoms with Crippen LogP contribution in [0.2, 0.25) is 0 Å². The van der Waals surface area contributed by atoms with Crippen molar-refractivity contribution in [3.63, 3.8) is 0 Å². The Balaban J connectivity index is 1.77. The Morgan fingerprint density at radius 2 is 2.00 bits per heavy atom. The molecule has 0 aromatic carbocycles. The summed E-state index contributed by atoms with van der Waals surface area (Å²) in [7, 11) is 0. The summed E-state index contributed by atoms with van der Waals surface area (Å²) >= 11 is 0. The van der Waals surface area contributed by atoms with Gasteiger partial charge in [0.25, 0.3) is 0 Å². The van der Waals surface area contributed by atoms with Gasteiger partial charge >= 0.3 is 0 Å². The molecule has 1 aliphatic rings. The Bertz CT molecular complexity index is 476. The topological polar surface area (TPSA) is 45.2 Å². The molecule has 0 spiro atoms. The molecule has 1 saturated heterocycles. The molecule has 1 aliphatic heterocycles. The molecule has 1 amide bonds. The van der Waals surface area contributed by atoms with Crippen LogP contribution in [-0.2, 0) is 4.79 Å². The first-order valence-electron chi connectivity index (χ1n) is 8.41. The van der Waals surface area contributed by atoms with Crippen LogP contribution in [-0.4, -0.2) is 34.9 Å². The van der Waals surface area contributed by atoms with Crippen molar-refractivity contribution < 1.29 is 4.79 Å². The molecule has 0 aliphatic carbocycles. The standard InChI is InChI=1S/C18H29N3O/c1-13(2)21-9-7-16(8-10-21)11-18(22)20-15(4)17-6-5-14(3)19-12-17/h5-6,12-13,15-16H,7-11H2,1-4H3,(H,20,22)/t15-/m0/s1. The lowest BCUT2D eigenvalue weighted by Crippen LogP contribution is -2.39. The number of carbonyl (C=O) groups excluding carboxylic acids is 1. The van der Waals surface area contributed by atoms with E-state index in [1.807, 2.05) is 32.2 Å². The van der Waals surface area contributed by atoms with E-state index in [0.717, 1.165) is 37.2 Å². The Hall–Kier alpha value is -1.42. The molecule has 0 saturated carbocycles. The van der Waals surface area contributed by atoms with Crippen molar-refractivity contribution in [2.45, 2.75) is 59.0 Å². The highest BCUT2D eigenvalue weighted by Crippen LogP contribution is 2.22. The van der Waals surface area contributed by atoms with E-state index < -0.39 is 0 Å². The zero-order chi connectivity index (χ0) is 16.1. The Kier molecular flexibility index (Phi) is 5.95. The van der Waals surface area contributed by atoms with Crippen molar-refractivity contribution in [1.29, 1.82) is 0 Å². The molecule has 1 atom stereocenters. The highest BCUT2D eigenvalue weighted by Gasteiger charge is 2.23. The largest absolute Gasteiger partial charge is 0.350 e. The molecule has 22 heavy (non-hydrogen) atoms. The minimum absolute atomic E-state index is 0.0244. The van der Waals surface area contributed by atoms with E-state index in [-0.39, 0.29) is 11.9 Å². The lowest BCUT2D eigenvalue weighted by Gasteiger charge is -2.34. The Morgan fingerprint density at radius 3 is 2.55 bits per heavy atom. The maximum atomic E-state index is 12.2. The number of hydrogen-bond acceptors (Lipinski definition) is 3. The molecule has 0 unspecified atom stereocenters. The summed E-state index contributed by atoms with van der Waals surface area (Å²) in [4.78, 5) is 19.0. The van der Waals surface area contributed by atoms with Gasteiger partial charge in [0.2, 0.25) is 5.91 Å². The van der Waals surface area contributed by atoms with Crippen molar-refractivity contribution in [3.8, 4) is 0 Å². The lowest BCUT2D eigenvalue weighted by atomic mass is 9.92. The van der Waals surface area contributed by atoms with Crippen LogP contribution in [0.4, 0.5) is 0 Å². The fraction of sp³-hybridized carbons (Fsp3) is 0.667. The van der Waals surface area contributed by atoms with Gasteiger partial charge in [-0.2, -0.15) is 0 Å². The summed E-state index contributed by atoms with van der Waals surface area (Å²) in [6.07, 6.45) is 4.76. The molecule has 122 valence electrons. The van der Waals surface area contributed by atoms with E-state index in [1.165, 1.54) is 0 Å². The monoisotopic (exact) mass is 303 g/mol. The third kappa shape index (κ3) is 4.80. The Labute approximate surface area is 134 Å². The summed E-state index contributed by atoms with van der Waals surface area (Å²) in [6, 6.07) is 4.66. The van der Waals surface area contributed by atoms with Gasteiger partial charge < -0.3 is 10.2 Å². The van der Waals surface area contributed by atoms with Crippen LogP contribution in [0.25, 0.3) is 0 Å². The summed E-state index contributed by atoms with van der Waals surface area (Å²) in [5.41, 5.74) is 2.06. The van der Waals surface area contributed by atoms with Gasteiger partial charge in [-0.1, -0.05) is 6.07 Å². The second kappa shape index (κ2) is 7.73. The summed E-state index contributed by atoms with van der Waals surface area (Å²) in [6.45, 7) is 10.7. The van der Waals surface area contributed by atoms with Gasteiger partial charge in [-0.3, -0.25) is 9.78 Å². The van der Waals surface area contributed by atoms with Crippen molar-refractivity contribution >= 4 is 5.91 Å². The third-order valence-corrected chi connectivity index (χ3v) is 4.67. The highest BCUT2D eigenvalue weighted by molar-refractivity contribution is 5.76. The molecule has 1 N–H and O–H groups in total. The first-order chi connectivity index (χ1) is 10.5. The third-order valence-electron chi connectivity index (χ3n) is 4.67. The van der Waals surface area contributed by atoms with Crippen LogP contribution >= 0.6 is 0 Å². The number of hydrogen-bond donors (Lipinski definition) is 1. The number of aromatic nitrogens is 1. The van der Waals surface area contributed by atoms with Crippen molar-refractivity contribution in [2.75, 3.05) is 13.1 Å². The lowest BCUT2D eigenvalue weighted by molar-refractivity contribution is -0.123. The smallest absolute Gasteiger partial charge is 0.220 e. The number of aryl methyl sites for hydroxylation is 1. The minimum Gasteiger partial charge on any atom is -0.350 e. The van der Waals surface area contributed by atoms with Crippen LogP contribution in [0, 0.1) is 12.8 Å². The molecule has 0 bridgehead atoms. The molecule has 4 nitrogen and oxygen atoms in total. The molecule has 1 aromatic heterocycles. The van der Waals surface area contributed by atoms with Crippen LogP contribution in [0.15, 0.2) is 18.3 Å². The molecule has 4 heteroatoms. The highest BCUT2D eigenvalue weighted by atomic mass is 16.1. The van der Waals surface area contributed by atoms with Gasteiger partial charge in [-0.25, -0.2) is 0 Å². The van der Waals surface area contributed by atoms with Crippen LogP contribution in [0.3, 0.4) is 0 Å². The number of pyridine rings is 1. The maximum Gasteiger partial charge on any atom is 0.220 e. The van der Waals surface area contributed by atoms with Crippen molar-refractivity contribution in [1.82, 2.24) is 15.2 Å². The SMILES string of the molecule is Cc1ccc([C@H](C)NC(=O)CC2CCN(C(C)C)CC2)cn1. The van der Waals surface area contributed by atoms with E-state index in [2.05, 4.69) is 29.0 Å². The number of carbonyl (C=O) groups is 1. The number of likely N-dealkylation sites (tertiary alicyclic amines) is 1. The normalized spacial score (nSPS) is 18.4. The van der Waals surface area contributed by atoms with Gasteiger partial charge in [-0.15, -0.1) is 0 Å². The molecule has 1 fully saturated rings. The van der Waals surface area contributed by atoms with Crippen LogP contribution in [0.5, 0.6) is 0 Å².